The molecule has 39 heavy (non-hydrogen) atoms. The second-order valence-corrected chi connectivity index (χ2v) is 10.5. The summed E-state index contributed by atoms with van der Waals surface area (Å²) in [6.07, 6.45) is 2.89. The van der Waals surface area contributed by atoms with E-state index in [1.807, 2.05) is 35.2 Å². The fourth-order valence-electron chi connectivity index (χ4n) is 5.63. The molecule has 0 aromatic heterocycles. The Kier molecular flexibility index (Phi) is 8.92. The van der Waals surface area contributed by atoms with Crippen LogP contribution in [-0.4, -0.2) is 87.1 Å². The number of nitrogens with zero attached hydrogens (tertiary/aromatic N) is 3. The Morgan fingerprint density at radius 1 is 0.872 bits per heavy atom. The Morgan fingerprint density at radius 3 is 2.15 bits per heavy atom. The van der Waals surface area contributed by atoms with Crippen molar-refractivity contribution in [3.05, 3.63) is 58.8 Å². The van der Waals surface area contributed by atoms with Gasteiger partial charge < -0.3 is 29.0 Å². The molecule has 1 fully saturated rings. The molecule has 0 saturated carbocycles. The van der Waals surface area contributed by atoms with Crippen LogP contribution in [0.1, 0.15) is 37.0 Å². The molecular weight excluding hydrogens is 498 g/mol. The number of fused-ring (bicyclic) bond motifs is 2. The minimum absolute atomic E-state index is 0.102. The Morgan fingerprint density at radius 2 is 1.54 bits per heavy atom. The van der Waals surface area contributed by atoms with E-state index in [0.29, 0.717) is 38.3 Å². The van der Waals surface area contributed by atoms with Crippen molar-refractivity contribution in [2.24, 2.45) is 0 Å². The Hall–Kier alpha value is -3.43. The molecule has 4 rings (SSSR count). The molecular formula is C30H41N3O6. The zero-order valence-electron chi connectivity index (χ0n) is 24.0. The number of aliphatic hydroxyl groups excluding tert-OH is 1. The molecule has 9 nitrogen and oxygen atoms in total. The first-order valence-corrected chi connectivity index (χ1v) is 13.3. The van der Waals surface area contributed by atoms with Gasteiger partial charge in [-0.1, -0.05) is 19.9 Å². The zero-order valence-corrected chi connectivity index (χ0v) is 24.0. The Balaban J connectivity index is 1.72. The van der Waals surface area contributed by atoms with Crippen molar-refractivity contribution in [1.29, 1.82) is 0 Å². The maximum Gasteiger partial charge on any atom is 0.324 e. The van der Waals surface area contributed by atoms with Crippen molar-refractivity contribution in [1.82, 2.24) is 14.7 Å². The molecule has 0 bridgehead atoms. The summed E-state index contributed by atoms with van der Waals surface area (Å²) in [5.41, 5.74) is 3.67. The molecule has 2 heterocycles. The second kappa shape index (κ2) is 12.2. The molecule has 1 saturated heterocycles. The van der Waals surface area contributed by atoms with Gasteiger partial charge in [0.2, 0.25) is 0 Å². The first-order chi connectivity index (χ1) is 18.7. The summed E-state index contributed by atoms with van der Waals surface area (Å²) >= 11 is 0. The molecule has 0 unspecified atom stereocenters. The van der Waals surface area contributed by atoms with Crippen molar-refractivity contribution in [3.63, 3.8) is 0 Å². The van der Waals surface area contributed by atoms with Crippen LogP contribution in [0.4, 0.5) is 4.79 Å². The van der Waals surface area contributed by atoms with Gasteiger partial charge in [-0.25, -0.2) is 4.79 Å². The molecule has 2 aliphatic rings. The number of hydrogen-bond donors (Lipinski definition) is 1. The van der Waals surface area contributed by atoms with Gasteiger partial charge in [-0.2, -0.15) is 0 Å². The van der Waals surface area contributed by atoms with Crippen LogP contribution in [0.5, 0.6) is 23.0 Å². The topological polar surface area (TPSA) is 83.9 Å². The fraction of sp³-hybridized carbons (Fsp3) is 0.500. The SMILES string of the molecule is COc1cc(CN2CCC3=CC(C)(C)c4c(cc(OC)cc4OC)CN3C(=O)N(CCO)CC2)cc(OC)c1. The van der Waals surface area contributed by atoms with Crippen LogP contribution in [-0.2, 0) is 18.5 Å². The molecule has 0 radical (unpaired) electrons. The molecule has 2 aromatic carbocycles. The highest BCUT2D eigenvalue weighted by molar-refractivity contribution is 5.77. The number of hydrogen-bond acceptors (Lipinski definition) is 7. The summed E-state index contributed by atoms with van der Waals surface area (Å²) in [6, 6.07) is 9.68. The summed E-state index contributed by atoms with van der Waals surface area (Å²) in [5.74, 6) is 2.92. The molecule has 2 aromatic rings. The van der Waals surface area contributed by atoms with E-state index in [9.17, 15) is 9.90 Å². The monoisotopic (exact) mass is 539 g/mol. The molecule has 2 aliphatic heterocycles. The van der Waals surface area contributed by atoms with Gasteiger partial charge in [0.1, 0.15) is 23.0 Å². The van der Waals surface area contributed by atoms with E-state index >= 15 is 0 Å². The lowest BCUT2D eigenvalue weighted by Crippen LogP contribution is -2.45. The van der Waals surface area contributed by atoms with E-state index < -0.39 is 5.41 Å². The number of β-amino-alcohol motifs (C(OH)–C–C–N with tert-alkyl or cyclic N) is 1. The van der Waals surface area contributed by atoms with Crippen molar-refractivity contribution in [2.45, 2.75) is 38.8 Å². The van der Waals surface area contributed by atoms with Crippen molar-refractivity contribution >= 4 is 6.03 Å². The number of allylic oxidation sites excluding steroid dienone is 1. The summed E-state index contributed by atoms with van der Waals surface area (Å²) in [6.45, 7) is 7.48. The normalized spacial score (nSPS) is 17.6. The summed E-state index contributed by atoms with van der Waals surface area (Å²) in [7, 11) is 6.59. The van der Waals surface area contributed by atoms with E-state index in [1.165, 1.54) is 0 Å². The predicted octanol–water partition coefficient (Wildman–Crippen LogP) is 4.02. The van der Waals surface area contributed by atoms with Crippen molar-refractivity contribution in [3.8, 4) is 23.0 Å². The van der Waals surface area contributed by atoms with Gasteiger partial charge in [0.05, 0.1) is 41.6 Å². The second-order valence-electron chi connectivity index (χ2n) is 10.5. The quantitative estimate of drug-likeness (QED) is 0.543. The third kappa shape index (κ3) is 6.25. The number of aliphatic hydroxyl groups is 1. The average Bonchev–Trinajstić information content (AvgIpc) is 3.01. The third-order valence-corrected chi connectivity index (χ3v) is 7.52. The van der Waals surface area contributed by atoms with Crippen LogP contribution in [0.2, 0.25) is 0 Å². The number of amides is 2. The van der Waals surface area contributed by atoms with Crippen LogP contribution < -0.4 is 18.9 Å². The van der Waals surface area contributed by atoms with Gasteiger partial charge in [0.25, 0.3) is 0 Å². The smallest absolute Gasteiger partial charge is 0.324 e. The van der Waals surface area contributed by atoms with Crippen molar-refractivity contribution < 1.29 is 28.8 Å². The first kappa shape index (κ1) is 28.6. The molecule has 9 heteroatoms. The predicted molar refractivity (Wildman–Crippen MR) is 150 cm³/mol. The van der Waals surface area contributed by atoms with Crippen LogP contribution >= 0.6 is 0 Å². The van der Waals surface area contributed by atoms with E-state index in [-0.39, 0.29) is 19.2 Å². The van der Waals surface area contributed by atoms with Gasteiger partial charge in [-0.05, 0) is 29.3 Å². The van der Waals surface area contributed by atoms with E-state index in [0.717, 1.165) is 46.2 Å². The summed E-state index contributed by atoms with van der Waals surface area (Å²) in [5, 5.41) is 9.81. The van der Waals surface area contributed by atoms with Gasteiger partial charge in [-0.15, -0.1) is 0 Å². The highest BCUT2D eigenvalue weighted by Gasteiger charge is 2.36. The zero-order chi connectivity index (χ0) is 28.2. The highest BCUT2D eigenvalue weighted by atomic mass is 16.5. The Labute approximate surface area is 231 Å². The summed E-state index contributed by atoms with van der Waals surface area (Å²) < 4.78 is 22.3. The van der Waals surface area contributed by atoms with Crippen molar-refractivity contribution in [2.75, 3.05) is 61.2 Å². The van der Waals surface area contributed by atoms with Gasteiger partial charge >= 0.3 is 6.03 Å². The van der Waals surface area contributed by atoms with Crippen LogP contribution in [0.3, 0.4) is 0 Å². The van der Waals surface area contributed by atoms with Gasteiger partial charge in [-0.3, -0.25) is 9.80 Å². The van der Waals surface area contributed by atoms with Gasteiger partial charge in [0.15, 0.2) is 0 Å². The maximum atomic E-state index is 14.0. The maximum absolute atomic E-state index is 14.0. The van der Waals surface area contributed by atoms with Crippen LogP contribution in [0.15, 0.2) is 42.1 Å². The highest BCUT2D eigenvalue weighted by Crippen LogP contribution is 2.43. The molecule has 0 aliphatic carbocycles. The van der Waals surface area contributed by atoms with Crippen LogP contribution in [0.25, 0.3) is 0 Å². The Bertz CT molecular complexity index is 1190. The largest absolute Gasteiger partial charge is 0.497 e. The molecule has 0 atom stereocenters. The lowest BCUT2D eigenvalue weighted by Gasteiger charge is -2.30. The number of urea groups is 1. The van der Waals surface area contributed by atoms with Crippen LogP contribution in [0, 0.1) is 0 Å². The first-order valence-electron chi connectivity index (χ1n) is 13.3. The average molecular weight is 540 g/mol. The lowest BCUT2D eigenvalue weighted by atomic mass is 9.80. The molecule has 212 valence electrons. The van der Waals surface area contributed by atoms with E-state index in [1.54, 1.807) is 33.3 Å². The molecule has 0 spiro atoms. The number of benzene rings is 2. The number of methoxy groups -OCH3 is 4. The molecule has 1 N–H and O–H groups in total. The number of rotatable bonds is 8. The summed E-state index contributed by atoms with van der Waals surface area (Å²) in [4.78, 5) is 19.9. The number of ether oxygens (including phenoxy) is 4. The third-order valence-electron chi connectivity index (χ3n) is 7.52. The van der Waals surface area contributed by atoms with E-state index in [4.69, 9.17) is 18.9 Å². The molecule has 2 amide bonds. The lowest BCUT2D eigenvalue weighted by molar-refractivity contribution is 0.144. The minimum Gasteiger partial charge on any atom is -0.497 e. The van der Waals surface area contributed by atoms with Gasteiger partial charge in [0, 0.05) is 68.0 Å². The minimum atomic E-state index is -0.391. The number of carbonyl (C=O) groups is 1. The fourth-order valence-corrected chi connectivity index (χ4v) is 5.63. The van der Waals surface area contributed by atoms with E-state index in [2.05, 4.69) is 24.8 Å². The standard InChI is InChI=1S/C30H41N3O6/c1-30(2)18-23-7-8-31(19-21-13-24(36-3)16-25(14-21)37-4)9-10-32(11-12-34)29(35)33(23)20-22-15-26(38-5)17-27(39-6)28(22)30/h13-18,34H,7-12,19-20H2,1-6H3. The number of carbonyl (C=O) groups excluding carboxylic acids is 1.